The van der Waals surface area contributed by atoms with Crippen LogP contribution >= 0.6 is 0 Å². The Balaban J connectivity index is 2.11. The number of rotatable bonds is 4. The topological polar surface area (TPSA) is 35.2 Å². The van der Waals surface area contributed by atoms with Crippen LogP contribution in [0.4, 0.5) is 0 Å². The monoisotopic (exact) mass is 203 g/mol. The maximum Gasteiger partial charge on any atom is 0.122 e. The van der Waals surface area contributed by atoms with E-state index in [2.05, 4.69) is 18.7 Å². The molecule has 0 radical (unpaired) electrons. The molecule has 1 unspecified atom stereocenters. The quantitative estimate of drug-likeness (QED) is 0.763. The van der Waals surface area contributed by atoms with Gasteiger partial charge in [0, 0.05) is 12.5 Å². The molecule has 0 saturated heterocycles. The number of allylic oxidation sites excluding steroid dienone is 1. The Bertz CT molecular complexity index is 360. The minimum Gasteiger partial charge on any atom is -0.493 e. The number of hydrogen-bond donors (Lipinski definition) is 1. The van der Waals surface area contributed by atoms with Crippen molar-refractivity contribution in [3.63, 3.8) is 0 Å². The lowest BCUT2D eigenvalue weighted by atomic mass is 10.00. The summed E-state index contributed by atoms with van der Waals surface area (Å²) in [6, 6.07) is 6.40. The summed E-state index contributed by atoms with van der Waals surface area (Å²) in [4.78, 5) is 0. The Kier molecular flexibility index (Phi) is 3.07. The van der Waals surface area contributed by atoms with Crippen molar-refractivity contribution in [2.24, 2.45) is 5.73 Å². The molecule has 0 saturated carbocycles. The second kappa shape index (κ2) is 4.49. The fourth-order valence-corrected chi connectivity index (χ4v) is 1.90. The molecule has 2 N–H and O–H groups in total. The second-order valence-corrected chi connectivity index (χ2v) is 3.94. The standard InChI is InChI=1S/C13H17NO/c1-2-3-4-12(14)10-5-6-13-11(9-10)7-8-15-13/h2,5-6,9,12H,1,3-4,7-8,14H2. The third-order valence-corrected chi connectivity index (χ3v) is 2.82. The first kappa shape index (κ1) is 10.2. The summed E-state index contributed by atoms with van der Waals surface area (Å²) >= 11 is 0. The zero-order chi connectivity index (χ0) is 10.7. The number of fused-ring (bicyclic) bond motifs is 1. The number of benzene rings is 1. The van der Waals surface area contributed by atoms with Crippen LogP contribution in [-0.4, -0.2) is 6.61 Å². The van der Waals surface area contributed by atoms with Gasteiger partial charge < -0.3 is 10.5 Å². The van der Waals surface area contributed by atoms with E-state index in [9.17, 15) is 0 Å². The average Bonchev–Trinajstić information content (AvgIpc) is 2.72. The van der Waals surface area contributed by atoms with Crippen LogP contribution in [0.3, 0.4) is 0 Å². The van der Waals surface area contributed by atoms with E-state index in [-0.39, 0.29) is 6.04 Å². The number of ether oxygens (including phenoxy) is 1. The number of nitrogens with two attached hydrogens (primary N) is 1. The van der Waals surface area contributed by atoms with Crippen LogP contribution in [0.15, 0.2) is 30.9 Å². The molecule has 0 spiro atoms. The molecule has 2 rings (SSSR count). The van der Waals surface area contributed by atoms with Crippen LogP contribution in [0.1, 0.15) is 30.0 Å². The summed E-state index contributed by atoms with van der Waals surface area (Å²) in [5, 5.41) is 0. The van der Waals surface area contributed by atoms with Gasteiger partial charge in [-0.3, -0.25) is 0 Å². The van der Waals surface area contributed by atoms with Gasteiger partial charge in [-0.2, -0.15) is 0 Å². The van der Waals surface area contributed by atoms with Crippen LogP contribution in [-0.2, 0) is 6.42 Å². The van der Waals surface area contributed by atoms with Crippen molar-refractivity contribution in [1.29, 1.82) is 0 Å². The molecular formula is C13H17NO. The van der Waals surface area contributed by atoms with Gasteiger partial charge in [0.2, 0.25) is 0 Å². The van der Waals surface area contributed by atoms with E-state index in [0.29, 0.717) is 0 Å². The third-order valence-electron chi connectivity index (χ3n) is 2.82. The van der Waals surface area contributed by atoms with Crippen LogP contribution in [0.5, 0.6) is 5.75 Å². The zero-order valence-electron chi connectivity index (χ0n) is 8.91. The van der Waals surface area contributed by atoms with Crippen molar-refractivity contribution in [2.75, 3.05) is 6.61 Å². The SMILES string of the molecule is C=CCCC(N)c1ccc2c(c1)CCO2. The van der Waals surface area contributed by atoms with E-state index < -0.39 is 0 Å². The molecule has 2 nitrogen and oxygen atoms in total. The largest absolute Gasteiger partial charge is 0.493 e. The third kappa shape index (κ3) is 2.21. The molecule has 1 heterocycles. The lowest BCUT2D eigenvalue weighted by Gasteiger charge is -2.11. The Morgan fingerprint density at radius 1 is 1.53 bits per heavy atom. The van der Waals surface area contributed by atoms with Gasteiger partial charge in [0.25, 0.3) is 0 Å². The molecule has 0 aromatic heterocycles. The molecule has 0 aliphatic carbocycles. The van der Waals surface area contributed by atoms with Gasteiger partial charge in [0.15, 0.2) is 0 Å². The summed E-state index contributed by atoms with van der Waals surface area (Å²) in [7, 11) is 0. The summed E-state index contributed by atoms with van der Waals surface area (Å²) in [5.41, 5.74) is 8.59. The van der Waals surface area contributed by atoms with Gasteiger partial charge in [-0.1, -0.05) is 18.2 Å². The molecule has 1 aliphatic heterocycles. The first-order valence-electron chi connectivity index (χ1n) is 5.43. The van der Waals surface area contributed by atoms with Crippen LogP contribution < -0.4 is 10.5 Å². The molecule has 0 fully saturated rings. The maximum atomic E-state index is 6.09. The highest BCUT2D eigenvalue weighted by atomic mass is 16.5. The van der Waals surface area contributed by atoms with Crippen molar-refractivity contribution in [3.8, 4) is 5.75 Å². The zero-order valence-corrected chi connectivity index (χ0v) is 8.91. The molecule has 15 heavy (non-hydrogen) atoms. The minimum atomic E-state index is 0.119. The van der Waals surface area contributed by atoms with Crippen LogP contribution in [0.25, 0.3) is 0 Å². The molecule has 1 atom stereocenters. The normalized spacial score (nSPS) is 15.5. The first-order valence-corrected chi connectivity index (χ1v) is 5.43. The second-order valence-electron chi connectivity index (χ2n) is 3.94. The summed E-state index contributed by atoms with van der Waals surface area (Å²) in [5.74, 6) is 1.02. The van der Waals surface area contributed by atoms with Gasteiger partial charge in [-0.15, -0.1) is 6.58 Å². The molecule has 0 bridgehead atoms. The van der Waals surface area contributed by atoms with E-state index >= 15 is 0 Å². The van der Waals surface area contributed by atoms with Gasteiger partial charge in [-0.05, 0) is 30.0 Å². The van der Waals surface area contributed by atoms with Crippen molar-refractivity contribution in [3.05, 3.63) is 42.0 Å². The molecule has 2 heteroatoms. The van der Waals surface area contributed by atoms with E-state index in [1.165, 1.54) is 11.1 Å². The maximum absolute atomic E-state index is 6.09. The lowest BCUT2D eigenvalue weighted by molar-refractivity contribution is 0.357. The van der Waals surface area contributed by atoms with Crippen molar-refractivity contribution in [2.45, 2.75) is 25.3 Å². The molecule has 1 aromatic rings. The van der Waals surface area contributed by atoms with E-state index in [1.807, 2.05) is 12.1 Å². The Labute approximate surface area is 90.7 Å². The van der Waals surface area contributed by atoms with Gasteiger partial charge >= 0.3 is 0 Å². The van der Waals surface area contributed by atoms with Gasteiger partial charge in [0.1, 0.15) is 5.75 Å². The smallest absolute Gasteiger partial charge is 0.122 e. The van der Waals surface area contributed by atoms with Crippen molar-refractivity contribution >= 4 is 0 Å². The van der Waals surface area contributed by atoms with Crippen molar-refractivity contribution < 1.29 is 4.74 Å². The van der Waals surface area contributed by atoms with E-state index in [0.717, 1.165) is 31.6 Å². The van der Waals surface area contributed by atoms with Gasteiger partial charge in [-0.25, -0.2) is 0 Å². The van der Waals surface area contributed by atoms with Gasteiger partial charge in [0.05, 0.1) is 6.61 Å². The van der Waals surface area contributed by atoms with E-state index in [4.69, 9.17) is 10.5 Å². The summed E-state index contributed by atoms with van der Waals surface area (Å²) < 4.78 is 5.46. The average molecular weight is 203 g/mol. The Hall–Kier alpha value is -1.28. The predicted molar refractivity (Wildman–Crippen MR) is 62.0 cm³/mol. The van der Waals surface area contributed by atoms with Crippen LogP contribution in [0, 0.1) is 0 Å². The Morgan fingerprint density at radius 3 is 3.20 bits per heavy atom. The lowest BCUT2D eigenvalue weighted by Crippen LogP contribution is -2.09. The Morgan fingerprint density at radius 2 is 2.40 bits per heavy atom. The predicted octanol–water partition coefficient (Wildman–Crippen LogP) is 2.59. The van der Waals surface area contributed by atoms with E-state index in [1.54, 1.807) is 0 Å². The summed E-state index contributed by atoms with van der Waals surface area (Å²) in [6.07, 6.45) is 4.85. The minimum absolute atomic E-state index is 0.119. The molecular weight excluding hydrogens is 186 g/mol. The highest BCUT2D eigenvalue weighted by Crippen LogP contribution is 2.28. The number of hydrogen-bond acceptors (Lipinski definition) is 2. The molecule has 80 valence electrons. The first-order chi connectivity index (χ1) is 7.31. The fourth-order valence-electron chi connectivity index (χ4n) is 1.90. The highest BCUT2D eigenvalue weighted by molar-refractivity contribution is 5.40. The van der Waals surface area contributed by atoms with Crippen molar-refractivity contribution in [1.82, 2.24) is 0 Å². The molecule has 0 amide bonds. The van der Waals surface area contributed by atoms with Crippen LogP contribution in [0.2, 0.25) is 0 Å². The molecule has 1 aliphatic rings. The summed E-state index contributed by atoms with van der Waals surface area (Å²) in [6.45, 7) is 4.51. The fraction of sp³-hybridized carbons (Fsp3) is 0.385. The highest BCUT2D eigenvalue weighted by Gasteiger charge is 2.14. The molecule has 1 aromatic carbocycles.